The van der Waals surface area contributed by atoms with Crippen LogP contribution >= 0.6 is 0 Å². The number of ether oxygens (including phenoxy) is 2. The second kappa shape index (κ2) is 9.80. The molecule has 1 heterocycles. The minimum absolute atomic E-state index is 0.0438. The lowest BCUT2D eigenvalue weighted by atomic mass is 10.2. The van der Waals surface area contributed by atoms with E-state index in [2.05, 4.69) is 5.32 Å². The first-order valence-corrected chi connectivity index (χ1v) is 11.2. The fourth-order valence-electron chi connectivity index (χ4n) is 3.23. The number of piperidine rings is 1. The van der Waals surface area contributed by atoms with Crippen LogP contribution in [0.4, 0.5) is 5.69 Å². The van der Waals surface area contributed by atoms with Crippen LogP contribution in [0.3, 0.4) is 0 Å². The van der Waals surface area contributed by atoms with Crippen LogP contribution in [0.25, 0.3) is 0 Å². The van der Waals surface area contributed by atoms with Gasteiger partial charge in [-0.05, 0) is 49.2 Å². The Hall–Kier alpha value is -3.11. The monoisotopic (exact) mass is 448 g/mol. The maximum Gasteiger partial charge on any atom is 0.338 e. The Bertz CT molecular complexity index is 1060. The van der Waals surface area contributed by atoms with Crippen LogP contribution in [0.5, 0.6) is 11.5 Å². The number of carbonyl (C=O) groups excluding carboxylic acids is 2. The summed E-state index contributed by atoms with van der Waals surface area (Å²) in [4.78, 5) is 24.4. The number of nitrogens with zero attached hydrogens (tertiary/aromatic N) is 1. The number of hydrogen-bond acceptors (Lipinski definition) is 7. The molecule has 2 aromatic carbocycles. The van der Waals surface area contributed by atoms with E-state index in [1.165, 1.54) is 53.9 Å². The Labute approximate surface area is 180 Å². The number of sulfonamides is 1. The highest BCUT2D eigenvalue weighted by Crippen LogP contribution is 2.30. The van der Waals surface area contributed by atoms with E-state index in [4.69, 9.17) is 9.47 Å². The van der Waals surface area contributed by atoms with E-state index in [1.807, 2.05) is 0 Å². The summed E-state index contributed by atoms with van der Waals surface area (Å²) in [5.41, 5.74) is 0.249. The molecule has 1 amide bonds. The molecular formula is C21H24N2O7S. The SMILES string of the molecule is COc1ccc(S(=O)(=O)N2CCCCC2)cc1NC(=O)COC(=O)c1cccc(O)c1. The number of amides is 1. The standard InChI is InChI=1S/C21H24N2O7S/c1-29-19-9-8-17(31(27,28)23-10-3-2-4-11-23)13-18(19)22-20(25)14-30-21(26)15-6-5-7-16(24)12-15/h5-9,12-13,24H,2-4,10-11,14H2,1H3,(H,22,25). The van der Waals surface area contributed by atoms with Crippen LogP contribution in [0.1, 0.15) is 29.6 Å². The molecule has 0 spiro atoms. The zero-order valence-electron chi connectivity index (χ0n) is 17.0. The van der Waals surface area contributed by atoms with Gasteiger partial charge in [0.05, 0.1) is 23.3 Å². The molecule has 1 saturated heterocycles. The third kappa shape index (κ3) is 5.53. The Morgan fingerprint density at radius 3 is 2.52 bits per heavy atom. The number of nitrogens with one attached hydrogen (secondary N) is 1. The van der Waals surface area contributed by atoms with Crippen molar-refractivity contribution in [1.82, 2.24) is 4.31 Å². The van der Waals surface area contributed by atoms with E-state index in [0.29, 0.717) is 13.1 Å². The Morgan fingerprint density at radius 1 is 1.10 bits per heavy atom. The number of phenolic OH excluding ortho intramolecular Hbond substituents is 1. The lowest BCUT2D eigenvalue weighted by Gasteiger charge is -2.26. The highest BCUT2D eigenvalue weighted by molar-refractivity contribution is 7.89. The Balaban J connectivity index is 1.70. The molecule has 166 valence electrons. The van der Waals surface area contributed by atoms with Crippen LogP contribution in [-0.2, 0) is 19.6 Å². The van der Waals surface area contributed by atoms with Crippen molar-refractivity contribution in [3.05, 3.63) is 48.0 Å². The molecule has 10 heteroatoms. The molecule has 0 bridgehead atoms. The summed E-state index contributed by atoms with van der Waals surface area (Å²) in [5.74, 6) is -1.28. The predicted molar refractivity (Wildman–Crippen MR) is 113 cm³/mol. The number of carbonyl (C=O) groups is 2. The van der Waals surface area contributed by atoms with Crippen molar-refractivity contribution in [1.29, 1.82) is 0 Å². The largest absolute Gasteiger partial charge is 0.508 e. The number of phenols is 1. The van der Waals surface area contributed by atoms with Gasteiger partial charge in [-0.3, -0.25) is 4.79 Å². The number of aromatic hydroxyl groups is 1. The van der Waals surface area contributed by atoms with Gasteiger partial charge in [0, 0.05) is 13.1 Å². The second-order valence-corrected chi connectivity index (χ2v) is 8.94. The van der Waals surface area contributed by atoms with Crippen molar-refractivity contribution in [2.45, 2.75) is 24.2 Å². The van der Waals surface area contributed by atoms with Crippen LogP contribution < -0.4 is 10.1 Å². The fraction of sp³-hybridized carbons (Fsp3) is 0.333. The zero-order valence-corrected chi connectivity index (χ0v) is 17.9. The van der Waals surface area contributed by atoms with Crippen molar-refractivity contribution < 1.29 is 32.6 Å². The summed E-state index contributed by atoms with van der Waals surface area (Å²) in [6.07, 6.45) is 2.62. The topological polar surface area (TPSA) is 122 Å². The molecule has 0 atom stereocenters. The number of methoxy groups -OCH3 is 1. The van der Waals surface area contributed by atoms with E-state index in [1.54, 1.807) is 0 Å². The summed E-state index contributed by atoms with van der Waals surface area (Å²) < 4.78 is 37.4. The number of benzene rings is 2. The van der Waals surface area contributed by atoms with Gasteiger partial charge in [-0.15, -0.1) is 0 Å². The number of hydrogen-bond donors (Lipinski definition) is 2. The molecule has 1 aliphatic rings. The molecule has 0 aliphatic carbocycles. The number of rotatable bonds is 7. The Kier molecular flexibility index (Phi) is 7.13. The van der Waals surface area contributed by atoms with Gasteiger partial charge in [0.25, 0.3) is 5.91 Å². The van der Waals surface area contributed by atoms with E-state index in [0.717, 1.165) is 19.3 Å². The van der Waals surface area contributed by atoms with Gasteiger partial charge in [0.2, 0.25) is 10.0 Å². The molecule has 3 rings (SSSR count). The summed E-state index contributed by atoms with van der Waals surface area (Å²) in [6, 6.07) is 9.77. The van der Waals surface area contributed by atoms with Gasteiger partial charge in [0.1, 0.15) is 11.5 Å². The molecule has 1 aliphatic heterocycles. The van der Waals surface area contributed by atoms with Crippen LogP contribution in [0, 0.1) is 0 Å². The quantitative estimate of drug-likeness (QED) is 0.624. The second-order valence-electron chi connectivity index (χ2n) is 7.00. The molecule has 9 nitrogen and oxygen atoms in total. The molecule has 0 aromatic heterocycles. The average Bonchev–Trinajstić information content (AvgIpc) is 2.78. The van der Waals surface area contributed by atoms with E-state index in [9.17, 15) is 23.1 Å². The molecular weight excluding hydrogens is 424 g/mol. The van der Waals surface area contributed by atoms with Crippen molar-refractivity contribution in [2.24, 2.45) is 0 Å². The minimum atomic E-state index is -3.69. The first-order chi connectivity index (χ1) is 14.8. The molecule has 1 fully saturated rings. The van der Waals surface area contributed by atoms with Gasteiger partial charge < -0.3 is 19.9 Å². The molecule has 0 unspecified atom stereocenters. The van der Waals surface area contributed by atoms with Crippen molar-refractivity contribution in [3.63, 3.8) is 0 Å². The molecule has 2 aromatic rings. The number of anilines is 1. The average molecular weight is 448 g/mol. The van der Waals surface area contributed by atoms with Gasteiger partial charge in [0.15, 0.2) is 6.61 Å². The van der Waals surface area contributed by atoms with Gasteiger partial charge in [-0.1, -0.05) is 12.5 Å². The lowest BCUT2D eigenvalue weighted by molar-refractivity contribution is -0.119. The third-order valence-electron chi connectivity index (χ3n) is 4.81. The van der Waals surface area contributed by atoms with E-state index < -0.39 is 28.5 Å². The summed E-state index contributed by atoms with van der Waals surface area (Å²) in [5, 5.41) is 11.9. The zero-order chi connectivity index (χ0) is 22.4. The normalized spacial score (nSPS) is 14.6. The molecule has 31 heavy (non-hydrogen) atoms. The van der Waals surface area contributed by atoms with Crippen LogP contribution in [-0.4, -0.2) is 56.5 Å². The van der Waals surface area contributed by atoms with Crippen molar-refractivity contribution >= 4 is 27.6 Å². The summed E-state index contributed by atoms with van der Waals surface area (Å²) in [6.45, 7) is 0.322. The first kappa shape index (κ1) is 22.6. The van der Waals surface area contributed by atoms with E-state index >= 15 is 0 Å². The fourth-order valence-corrected chi connectivity index (χ4v) is 4.78. The molecule has 0 saturated carbocycles. The van der Waals surface area contributed by atoms with Crippen LogP contribution in [0.2, 0.25) is 0 Å². The Morgan fingerprint density at radius 2 is 1.84 bits per heavy atom. The molecule has 0 radical (unpaired) electrons. The highest BCUT2D eigenvalue weighted by atomic mass is 32.2. The maximum atomic E-state index is 12.9. The van der Waals surface area contributed by atoms with Crippen molar-refractivity contribution in [3.8, 4) is 11.5 Å². The molecule has 2 N–H and O–H groups in total. The first-order valence-electron chi connectivity index (χ1n) is 9.75. The van der Waals surface area contributed by atoms with Gasteiger partial charge in [-0.25, -0.2) is 13.2 Å². The maximum absolute atomic E-state index is 12.9. The summed E-state index contributed by atoms with van der Waals surface area (Å²) in [7, 11) is -2.30. The van der Waals surface area contributed by atoms with Gasteiger partial charge in [-0.2, -0.15) is 4.31 Å². The minimum Gasteiger partial charge on any atom is -0.508 e. The van der Waals surface area contributed by atoms with Crippen LogP contribution in [0.15, 0.2) is 47.4 Å². The smallest absolute Gasteiger partial charge is 0.338 e. The van der Waals surface area contributed by atoms with Crippen molar-refractivity contribution in [2.75, 3.05) is 32.1 Å². The third-order valence-corrected chi connectivity index (χ3v) is 6.71. The number of esters is 1. The lowest BCUT2D eigenvalue weighted by Crippen LogP contribution is -2.35. The summed E-state index contributed by atoms with van der Waals surface area (Å²) >= 11 is 0. The van der Waals surface area contributed by atoms with E-state index in [-0.39, 0.29) is 27.6 Å². The highest BCUT2D eigenvalue weighted by Gasteiger charge is 2.27. The predicted octanol–water partition coefficient (Wildman–Crippen LogP) is 2.37. The van der Waals surface area contributed by atoms with Gasteiger partial charge >= 0.3 is 5.97 Å².